The minimum Gasteiger partial charge on any atom is -0.455 e. The Bertz CT molecular complexity index is 938. The molecule has 0 bridgehead atoms. The van der Waals surface area contributed by atoms with Gasteiger partial charge in [-0.3, -0.25) is 9.00 Å². The van der Waals surface area contributed by atoms with Gasteiger partial charge in [0.15, 0.2) is 5.76 Å². The highest BCUT2D eigenvalue weighted by Crippen LogP contribution is 2.18. The van der Waals surface area contributed by atoms with E-state index in [-0.39, 0.29) is 17.4 Å². The molecule has 1 amide bonds. The summed E-state index contributed by atoms with van der Waals surface area (Å²) in [7, 11) is -1.23. The summed E-state index contributed by atoms with van der Waals surface area (Å²) in [4.78, 5) is 12.9. The van der Waals surface area contributed by atoms with Crippen LogP contribution in [0.15, 0.2) is 78.9 Å². The van der Waals surface area contributed by atoms with Crippen LogP contribution in [0.25, 0.3) is 0 Å². The molecule has 7 heteroatoms. The van der Waals surface area contributed by atoms with Crippen LogP contribution in [0.5, 0.6) is 0 Å². The summed E-state index contributed by atoms with van der Waals surface area (Å²) >= 11 is 6.80. The van der Waals surface area contributed by atoms with Crippen LogP contribution in [0.1, 0.15) is 21.9 Å². The predicted octanol–water partition coefficient (Wildman–Crippen LogP) is 5.04. The van der Waals surface area contributed by atoms with Gasteiger partial charge < -0.3 is 9.73 Å². The molecule has 1 aromatic heterocycles. The number of halogens is 2. The summed E-state index contributed by atoms with van der Waals surface area (Å²) in [6.07, 6.45) is 0. The van der Waals surface area contributed by atoms with Crippen LogP contribution in [0, 0.1) is 0 Å². The first-order valence-electron chi connectivity index (χ1n) is 7.77. The van der Waals surface area contributed by atoms with E-state index in [9.17, 15) is 9.00 Å². The first-order chi connectivity index (χ1) is 12.5. The third-order valence-electron chi connectivity index (χ3n) is 3.63. The van der Waals surface area contributed by atoms with Crippen LogP contribution >= 0.6 is 31.9 Å². The van der Waals surface area contributed by atoms with Gasteiger partial charge >= 0.3 is 0 Å². The van der Waals surface area contributed by atoms with E-state index in [1.165, 1.54) is 0 Å². The molecule has 3 aromatic rings. The predicted molar refractivity (Wildman–Crippen MR) is 108 cm³/mol. The maximum Gasteiger partial charge on any atom is 0.287 e. The molecule has 0 aliphatic rings. The zero-order valence-corrected chi connectivity index (χ0v) is 17.6. The topological polar surface area (TPSA) is 59.3 Å². The first-order valence-corrected chi connectivity index (χ1v) is 10.7. The Morgan fingerprint density at radius 2 is 1.73 bits per heavy atom. The van der Waals surface area contributed by atoms with E-state index in [1.807, 2.05) is 36.4 Å². The normalized spacial score (nSPS) is 11.9. The minimum absolute atomic E-state index is 0.208. The quantitative estimate of drug-likeness (QED) is 0.519. The van der Waals surface area contributed by atoms with E-state index in [1.54, 1.807) is 24.3 Å². The fourth-order valence-electron chi connectivity index (χ4n) is 2.28. The lowest BCUT2D eigenvalue weighted by atomic mass is 10.2. The molecule has 0 fully saturated rings. The number of carbonyl (C=O) groups excluding carboxylic acids is 1. The van der Waals surface area contributed by atoms with Gasteiger partial charge in [-0.1, -0.05) is 50.1 Å². The molecule has 0 unspecified atom stereocenters. The largest absolute Gasteiger partial charge is 0.455 e. The van der Waals surface area contributed by atoms with Gasteiger partial charge in [0.05, 0.1) is 16.6 Å². The summed E-state index contributed by atoms with van der Waals surface area (Å²) < 4.78 is 19.8. The molecule has 2 aromatic carbocycles. The zero-order chi connectivity index (χ0) is 18.5. The van der Waals surface area contributed by atoms with Crippen molar-refractivity contribution in [2.45, 2.75) is 17.2 Å². The Morgan fingerprint density at radius 3 is 2.46 bits per heavy atom. The van der Waals surface area contributed by atoms with Gasteiger partial charge in [0.2, 0.25) is 0 Å². The second kappa shape index (κ2) is 8.79. The van der Waals surface area contributed by atoms with E-state index in [0.29, 0.717) is 17.2 Å². The fourth-order valence-corrected chi connectivity index (χ4v) is 3.99. The Labute approximate surface area is 170 Å². The summed E-state index contributed by atoms with van der Waals surface area (Å²) in [5.41, 5.74) is 0.976. The monoisotopic (exact) mass is 495 g/mol. The van der Waals surface area contributed by atoms with Gasteiger partial charge in [-0.15, -0.1) is 0 Å². The lowest BCUT2D eigenvalue weighted by Gasteiger charge is -2.05. The molecule has 0 spiro atoms. The summed E-state index contributed by atoms with van der Waals surface area (Å²) in [6, 6.07) is 18.3. The fraction of sp³-hybridized carbons (Fsp3) is 0.105. The number of benzene rings is 2. The maximum atomic E-state index is 12.4. The first kappa shape index (κ1) is 19.1. The molecule has 26 heavy (non-hydrogen) atoms. The SMILES string of the molecule is O=C(NCc1ccccc1Br)c1ccc(C[S@](=O)c2ccc(Br)cc2)o1. The third kappa shape index (κ3) is 4.93. The summed E-state index contributed by atoms with van der Waals surface area (Å²) in [5, 5.41) is 2.82. The van der Waals surface area contributed by atoms with E-state index < -0.39 is 10.8 Å². The number of rotatable bonds is 6. The number of nitrogens with one attached hydrogen (secondary N) is 1. The van der Waals surface area contributed by atoms with Crippen LogP contribution in [0.2, 0.25) is 0 Å². The lowest BCUT2D eigenvalue weighted by Crippen LogP contribution is -2.22. The summed E-state index contributed by atoms with van der Waals surface area (Å²) in [6.45, 7) is 0.390. The molecule has 4 nitrogen and oxygen atoms in total. The van der Waals surface area contributed by atoms with Crippen LogP contribution in [0.3, 0.4) is 0 Å². The van der Waals surface area contributed by atoms with Crippen molar-refractivity contribution >= 4 is 48.6 Å². The average molecular weight is 497 g/mol. The Hall–Kier alpha value is -1.70. The molecule has 134 valence electrons. The van der Waals surface area contributed by atoms with Crippen LogP contribution < -0.4 is 5.32 Å². The molecule has 0 aliphatic heterocycles. The van der Waals surface area contributed by atoms with Crippen LogP contribution in [0.4, 0.5) is 0 Å². The highest BCUT2D eigenvalue weighted by Gasteiger charge is 2.14. The molecule has 1 heterocycles. The van der Waals surface area contributed by atoms with E-state index in [4.69, 9.17) is 4.42 Å². The smallest absolute Gasteiger partial charge is 0.287 e. The highest BCUT2D eigenvalue weighted by molar-refractivity contribution is 9.10. The van der Waals surface area contributed by atoms with Crippen LogP contribution in [-0.2, 0) is 23.1 Å². The van der Waals surface area contributed by atoms with E-state index in [2.05, 4.69) is 37.2 Å². The molecule has 1 N–H and O–H groups in total. The van der Waals surface area contributed by atoms with Gasteiger partial charge in [-0.05, 0) is 48.0 Å². The molecule has 3 rings (SSSR count). The van der Waals surface area contributed by atoms with Crippen molar-refractivity contribution < 1.29 is 13.4 Å². The second-order valence-electron chi connectivity index (χ2n) is 5.48. The number of amides is 1. The number of hydrogen-bond donors (Lipinski definition) is 1. The summed E-state index contributed by atoms with van der Waals surface area (Å²) in [5.74, 6) is 0.637. The van der Waals surface area contributed by atoms with Crippen molar-refractivity contribution in [1.82, 2.24) is 5.32 Å². The van der Waals surface area contributed by atoms with Gasteiger partial charge in [-0.2, -0.15) is 0 Å². The number of carbonyl (C=O) groups is 1. The van der Waals surface area contributed by atoms with E-state index >= 15 is 0 Å². The van der Waals surface area contributed by atoms with Gasteiger partial charge in [0.25, 0.3) is 5.91 Å². The highest BCUT2D eigenvalue weighted by atomic mass is 79.9. The van der Waals surface area contributed by atoms with E-state index in [0.717, 1.165) is 14.5 Å². The third-order valence-corrected chi connectivity index (χ3v) is 6.28. The second-order valence-corrected chi connectivity index (χ2v) is 8.70. The minimum atomic E-state index is -1.23. The van der Waals surface area contributed by atoms with Crippen molar-refractivity contribution in [3.8, 4) is 0 Å². The maximum absolute atomic E-state index is 12.4. The molecule has 0 radical (unpaired) electrons. The van der Waals surface area contributed by atoms with Crippen molar-refractivity contribution in [3.05, 3.63) is 86.7 Å². The van der Waals surface area contributed by atoms with Gasteiger partial charge in [0.1, 0.15) is 5.76 Å². The van der Waals surface area contributed by atoms with Gasteiger partial charge in [0, 0.05) is 20.4 Å². The molecule has 1 atom stereocenters. The lowest BCUT2D eigenvalue weighted by molar-refractivity contribution is 0.0921. The van der Waals surface area contributed by atoms with Crippen LogP contribution in [-0.4, -0.2) is 10.1 Å². The molecule has 0 aliphatic carbocycles. The Morgan fingerprint density at radius 1 is 1.00 bits per heavy atom. The molecule has 0 saturated heterocycles. The Balaban J connectivity index is 1.60. The molecular weight excluding hydrogens is 482 g/mol. The Kier molecular flexibility index (Phi) is 6.45. The molecular formula is C19H15Br2NO3S. The zero-order valence-electron chi connectivity index (χ0n) is 13.6. The average Bonchev–Trinajstić information content (AvgIpc) is 3.10. The molecule has 0 saturated carbocycles. The number of hydrogen-bond acceptors (Lipinski definition) is 3. The van der Waals surface area contributed by atoms with Crippen molar-refractivity contribution in [3.63, 3.8) is 0 Å². The van der Waals surface area contributed by atoms with Crippen molar-refractivity contribution in [1.29, 1.82) is 0 Å². The number of furan rings is 1. The van der Waals surface area contributed by atoms with Gasteiger partial charge in [-0.25, -0.2) is 0 Å². The van der Waals surface area contributed by atoms with Crippen molar-refractivity contribution in [2.75, 3.05) is 0 Å². The van der Waals surface area contributed by atoms with Crippen molar-refractivity contribution in [2.24, 2.45) is 0 Å². The standard InChI is InChI=1S/C19H15Br2NO3S/c20-14-5-8-16(9-6-14)26(24)12-15-7-10-18(25-15)19(23)22-11-13-3-1-2-4-17(13)21/h1-10H,11-12H2,(H,22,23)/t26-/m0/s1.